The Morgan fingerprint density at radius 1 is 1.09 bits per heavy atom. The fraction of sp³-hybridized carbons (Fsp3) is 0.375. The van der Waals surface area contributed by atoms with Crippen LogP contribution >= 0.6 is 11.6 Å². The number of ether oxygens (including phenoxy) is 1. The van der Waals surface area contributed by atoms with E-state index in [0.717, 1.165) is 24.2 Å². The van der Waals surface area contributed by atoms with Crippen molar-refractivity contribution in [3.63, 3.8) is 0 Å². The van der Waals surface area contributed by atoms with Gasteiger partial charge in [0.2, 0.25) is 5.91 Å². The number of carbonyl (C=O) groups excluding carboxylic acids is 1. The molecular formula is C24H27ClN4O4. The number of aromatic nitrogens is 2. The highest BCUT2D eigenvalue weighted by Crippen LogP contribution is 2.18. The monoisotopic (exact) mass is 470 g/mol. The first-order chi connectivity index (χ1) is 16.0. The van der Waals surface area contributed by atoms with Crippen molar-refractivity contribution in [3.8, 4) is 11.4 Å². The number of amides is 1. The number of fused-ring (bicyclic) bond motifs is 1. The van der Waals surface area contributed by atoms with E-state index in [1.807, 2.05) is 6.92 Å². The van der Waals surface area contributed by atoms with E-state index in [0.29, 0.717) is 40.5 Å². The maximum atomic E-state index is 13.4. The fourth-order valence-electron chi connectivity index (χ4n) is 4.14. The predicted molar refractivity (Wildman–Crippen MR) is 129 cm³/mol. The van der Waals surface area contributed by atoms with Crippen molar-refractivity contribution < 1.29 is 9.53 Å². The standard InChI is InChI=1S/C24H27ClN4O4/c1-2-33-19-8-6-18(7-9-19)29-23(31)20-10-5-17(25)15-21(20)28(24(29)32)16-22(30)26-11-14-27-12-3-4-13-27/h5-10,15H,2-4,11-14,16H2,1H3,(H,26,30). The number of halogens is 1. The molecule has 1 N–H and O–H groups in total. The summed E-state index contributed by atoms with van der Waals surface area (Å²) in [5, 5.41) is 3.56. The minimum absolute atomic E-state index is 0.215. The van der Waals surface area contributed by atoms with Gasteiger partial charge in [-0.15, -0.1) is 0 Å². The molecule has 1 aliphatic heterocycles. The van der Waals surface area contributed by atoms with E-state index in [1.54, 1.807) is 42.5 Å². The van der Waals surface area contributed by atoms with Gasteiger partial charge in [0.15, 0.2) is 0 Å². The highest BCUT2D eigenvalue weighted by atomic mass is 35.5. The summed E-state index contributed by atoms with van der Waals surface area (Å²) in [5.74, 6) is 0.342. The second-order valence-corrected chi connectivity index (χ2v) is 8.43. The molecule has 2 heterocycles. The third-order valence-corrected chi connectivity index (χ3v) is 6.00. The van der Waals surface area contributed by atoms with Crippen LogP contribution in [0.1, 0.15) is 19.8 Å². The van der Waals surface area contributed by atoms with E-state index < -0.39 is 11.2 Å². The average molecular weight is 471 g/mol. The van der Waals surface area contributed by atoms with Gasteiger partial charge in [-0.05, 0) is 75.3 Å². The number of hydrogen-bond acceptors (Lipinski definition) is 5. The Hall–Kier alpha value is -3.10. The molecule has 0 bridgehead atoms. The molecule has 3 aromatic rings. The zero-order chi connectivity index (χ0) is 23.4. The number of nitrogens with zero attached hydrogens (tertiary/aromatic N) is 3. The number of rotatable bonds is 8. The first-order valence-electron chi connectivity index (χ1n) is 11.2. The maximum absolute atomic E-state index is 13.4. The lowest BCUT2D eigenvalue weighted by atomic mass is 10.2. The normalized spacial score (nSPS) is 14.0. The molecule has 0 radical (unpaired) electrons. The van der Waals surface area contributed by atoms with E-state index in [9.17, 15) is 14.4 Å². The highest BCUT2D eigenvalue weighted by molar-refractivity contribution is 6.31. The summed E-state index contributed by atoms with van der Waals surface area (Å²) in [5.41, 5.74) is -0.349. The topological polar surface area (TPSA) is 85.6 Å². The lowest BCUT2D eigenvalue weighted by Gasteiger charge is -2.16. The fourth-order valence-corrected chi connectivity index (χ4v) is 4.30. The summed E-state index contributed by atoms with van der Waals surface area (Å²) in [6.07, 6.45) is 2.37. The van der Waals surface area contributed by atoms with Crippen molar-refractivity contribution >= 4 is 28.4 Å². The Morgan fingerprint density at radius 3 is 2.52 bits per heavy atom. The molecule has 0 unspecified atom stereocenters. The minimum Gasteiger partial charge on any atom is -0.494 e. The average Bonchev–Trinajstić information content (AvgIpc) is 3.31. The highest BCUT2D eigenvalue weighted by Gasteiger charge is 2.18. The molecule has 0 spiro atoms. The van der Waals surface area contributed by atoms with Crippen molar-refractivity contribution in [2.45, 2.75) is 26.3 Å². The smallest absolute Gasteiger partial charge is 0.336 e. The van der Waals surface area contributed by atoms with Gasteiger partial charge in [0.1, 0.15) is 12.3 Å². The van der Waals surface area contributed by atoms with Crippen LogP contribution in [0.25, 0.3) is 16.6 Å². The first-order valence-corrected chi connectivity index (χ1v) is 11.5. The molecule has 1 aromatic heterocycles. The van der Waals surface area contributed by atoms with E-state index in [-0.39, 0.29) is 12.5 Å². The number of likely N-dealkylation sites (tertiary alicyclic amines) is 1. The Kier molecular flexibility index (Phi) is 7.15. The Morgan fingerprint density at radius 2 is 1.82 bits per heavy atom. The van der Waals surface area contributed by atoms with Crippen LogP contribution in [0, 0.1) is 0 Å². The molecule has 9 heteroatoms. The molecule has 1 aliphatic rings. The molecule has 8 nitrogen and oxygen atoms in total. The zero-order valence-electron chi connectivity index (χ0n) is 18.6. The Balaban J connectivity index is 1.68. The van der Waals surface area contributed by atoms with Crippen LogP contribution in [-0.2, 0) is 11.3 Å². The molecule has 33 heavy (non-hydrogen) atoms. The van der Waals surface area contributed by atoms with Crippen molar-refractivity contribution in [3.05, 3.63) is 68.3 Å². The van der Waals surface area contributed by atoms with E-state index in [1.165, 1.54) is 17.4 Å². The van der Waals surface area contributed by atoms with E-state index >= 15 is 0 Å². The second-order valence-electron chi connectivity index (χ2n) is 8.00. The van der Waals surface area contributed by atoms with Gasteiger partial charge in [0.05, 0.1) is 23.2 Å². The van der Waals surface area contributed by atoms with Crippen LogP contribution in [-0.4, -0.2) is 52.7 Å². The molecule has 4 rings (SSSR count). The summed E-state index contributed by atoms with van der Waals surface area (Å²) in [7, 11) is 0. The van der Waals surface area contributed by atoms with Gasteiger partial charge < -0.3 is 15.0 Å². The summed E-state index contributed by atoms with van der Waals surface area (Å²) < 4.78 is 7.82. The Bertz CT molecular complexity index is 1260. The van der Waals surface area contributed by atoms with Crippen molar-refractivity contribution in [1.82, 2.24) is 19.4 Å². The number of carbonyl (C=O) groups is 1. The summed E-state index contributed by atoms with van der Waals surface area (Å²) in [4.78, 5) is 41.6. The van der Waals surface area contributed by atoms with Crippen LogP contribution < -0.4 is 21.3 Å². The van der Waals surface area contributed by atoms with Crippen LogP contribution in [0.15, 0.2) is 52.1 Å². The van der Waals surface area contributed by atoms with Gasteiger partial charge in [-0.3, -0.25) is 14.2 Å². The minimum atomic E-state index is -0.603. The van der Waals surface area contributed by atoms with Crippen molar-refractivity contribution in [2.75, 3.05) is 32.8 Å². The van der Waals surface area contributed by atoms with Crippen LogP contribution in [0.5, 0.6) is 5.75 Å². The molecular weight excluding hydrogens is 444 g/mol. The van der Waals surface area contributed by atoms with Gasteiger partial charge in [-0.25, -0.2) is 9.36 Å². The molecule has 0 aliphatic carbocycles. The van der Waals surface area contributed by atoms with Crippen molar-refractivity contribution in [1.29, 1.82) is 0 Å². The van der Waals surface area contributed by atoms with Crippen LogP contribution in [0.3, 0.4) is 0 Å². The lowest BCUT2D eigenvalue weighted by Crippen LogP contribution is -2.42. The quantitative estimate of drug-likeness (QED) is 0.546. The number of nitrogens with one attached hydrogen (secondary N) is 1. The Labute approximate surface area is 196 Å². The molecule has 0 saturated carbocycles. The number of benzene rings is 2. The third kappa shape index (κ3) is 5.12. The summed E-state index contributed by atoms with van der Waals surface area (Å²) >= 11 is 6.15. The van der Waals surface area contributed by atoms with Gasteiger partial charge in [-0.2, -0.15) is 0 Å². The molecule has 1 saturated heterocycles. The van der Waals surface area contributed by atoms with Gasteiger partial charge in [0, 0.05) is 18.1 Å². The SMILES string of the molecule is CCOc1ccc(-n2c(=O)c3ccc(Cl)cc3n(CC(=O)NCCN3CCCC3)c2=O)cc1. The molecule has 1 amide bonds. The van der Waals surface area contributed by atoms with Gasteiger partial charge in [-0.1, -0.05) is 11.6 Å². The van der Waals surface area contributed by atoms with Gasteiger partial charge >= 0.3 is 5.69 Å². The predicted octanol–water partition coefficient (Wildman–Crippen LogP) is 2.42. The van der Waals surface area contributed by atoms with Crippen LogP contribution in [0.2, 0.25) is 5.02 Å². The first kappa shape index (κ1) is 23.1. The zero-order valence-corrected chi connectivity index (χ0v) is 19.3. The van der Waals surface area contributed by atoms with Crippen LogP contribution in [0.4, 0.5) is 0 Å². The summed E-state index contributed by atoms with van der Waals surface area (Å²) in [6, 6.07) is 11.4. The largest absolute Gasteiger partial charge is 0.494 e. The van der Waals surface area contributed by atoms with Crippen molar-refractivity contribution in [2.24, 2.45) is 0 Å². The number of hydrogen-bond donors (Lipinski definition) is 1. The molecule has 174 valence electrons. The third-order valence-electron chi connectivity index (χ3n) is 5.76. The lowest BCUT2D eigenvalue weighted by molar-refractivity contribution is -0.121. The maximum Gasteiger partial charge on any atom is 0.336 e. The van der Waals surface area contributed by atoms with E-state index in [2.05, 4.69) is 10.2 Å². The molecule has 1 fully saturated rings. The summed E-state index contributed by atoms with van der Waals surface area (Å²) in [6.45, 7) is 5.55. The van der Waals surface area contributed by atoms with E-state index in [4.69, 9.17) is 16.3 Å². The second kappa shape index (κ2) is 10.2. The molecule has 0 atom stereocenters. The molecule has 2 aromatic carbocycles. The van der Waals surface area contributed by atoms with Gasteiger partial charge in [0.25, 0.3) is 5.56 Å².